The molecule has 2 aromatic carbocycles. The van der Waals surface area contributed by atoms with Gasteiger partial charge in [-0.05, 0) is 36.8 Å². The maximum absolute atomic E-state index is 12.2. The molecule has 0 radical (unpaired) electrons. The van der Waals surface area contributed by atoms with Crippen LogP contribution in [0.25, 0.3) is 0 Å². The molecule has 0 aliphatic carbocycles. The summed E-state index contributed by atoms with van der Waals surface area (Å²) in [5.74, 6) is 1.28. The number of fused-ring (bicyclic) bond motifs is 2. The summed E-state index contributed by atoms with van der Waals surface area (Å²) < 4.78 is 26.7. The number of benzene rings is 2. The minimum atomic E-state index is -0.908. The lowest BCUT2D eigenvalue weighted by Crippen LogP contribution is -2.40. The van der Waals surface area contributed by atoms with E-state index in [2.05, 4.69) is 5.32 Å². The largest absolute Gasteiger partial charge is 0.485 e. The van der Waals surface area contributed by atoms with Gasteiger partial charge in [-0.1, -0.05) is 18.2 Å². The van der Waals surface area contributed by atoms with Crippen LogP contribution in [0, 0.1) is 0 Å². The van der Waals surface area contributed by atoms with Crippen LogP contribution in [0.2, 0.25) is 0 Å². The number of carbonyl (C=O) groups is 2. The summed E-state index contributed by atoms with van der Waals surface area (Å²) in [6.07, 6.45) is -0.908. The molecule has 1 amide bonds. The third-order valence-corrected chi connectivity index (χ3v) is 4.39. The molecule has 28 heavy (non-hydrogen) atoms. The molecule has 1 N–H and O–H groups in total. The lowest BCUT2D eigenvalue weighted by molar-refractivity contribution is -0.157. The SMILES string of the molecule is C[C@H](NC(=O)COC(=O)[C@@H]1COc2ccccc2O1)c1ccc2c(c1)OCO2. The number of esters is 1. The first-order valence-electron chi connectivity index (χ1n) is 8.84. The molecule has 0 unspecified atom stereocenters. The lowest BCUT2D eigenvalue weighted by atomic mass is 10.1. The van der Waals surface area contributed by atoms with Gasteiger partial charge < -0.3 is 29.0 Å². The van der Waals surface area contributed by atoms with E-state index in [1.165, 1.54) is 0 Å². The molecule has 146 valence electrons. The molecule has 0 saturated heterocycles. The Kier molecular flexibility index (Phi) is 4.92. The lowest BCUT2D eigenvalue weighted by Gasteiger charge is -2.24. The minimum Gasteiger partial charge on any atom is -0.485 e. The zero-order chi connectivity index (χ0) is 19.5. The second kappa shape index (κ2) is 7.67. The fraction of sp³-hybridized carbons (Fsp3) is 0.300. The van der Waals surface area contributed by atoms with Gasteiger partial charge in [0.15, 0.2) is 29.6 Å². The normalized spacial score (nSPS) is 17.5. The van der Waals surface area contributed by atoms with Crippen LogP contribution >= 0.6 is 0 Å². The summed E-state index contributed by atoms with van der Waals surface area (Å²) in [6.45, 7) is 1.64. The number of ether oxygens (including phenoxy) is 5. The van der Waals surface area contributed by atoms with Crippen LogP contribution in [0.1, 0.15) is 18.5 Å². The third kappa shape index (κ3) is 3.80. The summed E-state index contributed by atoms with van der Waals surface area (Å²) in [6, 6.07) is 12.2. The summed E-state index contributed by atoms with van der Waals surface area (Å²) >= 11 is 0. The van der Waals surface area contributed by atoms with Crippen LogP contribution in [0.15, 0.2) is 42.5 Å². The predicted octanol–water partition coefficient (Wildman–Crippen LogP) is 1.98. The first kappa shape index (κ1) is 18.0. The van der Waals surface area contributed by atoms with Crippen LogP contribution in [-0.4, -0.2) is 38.0 Å². The van der Waals surface area contributed by atoms with E-state index in [0.717, 1.165) is 5.56 Å². The van der Waals surface area contributed by atoms with Gasteiger partial charge in [0.1, 0.15) is 6.61 Å². The fourth-order valence-corrected chi connectivity index (χ4v) is 2.91. The molecule has 2 heterocycles. The quantitative estimate of drug-likeness (QED) is 0.787. The summed E-state index contributed by atoms with van der Waals surface area (Å²) in [7, 11) is 0. The Morgan fingerprint density at radius 2 is 1.82 bits per heavy atom. The van der Waals surface area contributed by atoms with Crippen molar-refractivity contribution in [3.05, 3.63) is 48.0 Å². The molecule has 2 aromatic rings. The fourth-order valence-electron chi connectivity index (χ4n) is 2.91. The molecule has 8 nitrogen and oxygen atoms in total. The van der Waals surface area contributed by atoms with Crippen LogP contribution in [0.5, 0.6) is 23.0 Å². The Balaban J connectivity index is 1.27. The summed E-state index contributed by atoms with van der Waals surface area (Å²) in [4.78, 5) is 24.3. The number of hydrogen-bond acceptors (Lipinski definition) is 7. The second-order valence-electron chi connectivity index (χ2n) is 6.37. The Morgan fingerprint density at radius 3 is 2.68 bits per heavy atom. The molecule has 8 heteroatoms. The smallest absolute Gasteiger partial charge is 0.351 e. The van der Waals surface area contributed by atoms with Crippen molar-refractivity contribution in [2.24, 2.45) is 0 Å². The average molecular weight is 385 g/mol. The summed E-state index contributed by atoms with van der Waals surface area (Å²) in [5.41, 5.74) is 0.851. The van der Waals surface area contributed by atoms with E-state index in [1.807, 2.05) is 25.1 Å². The van der Waals surface area contributed by atoms with Crippen molar-refractivity contribution in [1.82, 2.24) is 5.32 Å². The van der Waals surface area contributed by atoms with Crippen LogP contribution in [0.3, 0.4) is 0 Å². The van der Waals surface area contributed by atoms with Gasteiger partial charge in [0.25, 0.3) is 5.91 Å². The topological polar surface area (TPSA) is 92.3 Å². The van der Waals surface area contributed by atoms with E-state index in [0.29, 0.717) is 23.0 Å². The van der Waals surface area contributed by atoms with Gasteiger partial charge in [0.05, 0.1) is 6.04 Å². The number of hydrogen-bond donors (Lipinski definition) is 1. The van der Waals surface area contributed by atoms with E-state index in [4.69, 9.17) is 23.7 Å². The molecule has 4 rings (SSSR count). The highest BCUT2D eigenvalue weighted by Gasteiger charge is 2.29. The Morgan fingerprint density at radius 1 is 1.07 bits per heavy atom. The van der Waals surface area contributed by atoms with Gasteiger partial charge >= 0.3 is 5.97 Å². The zero-order valence-electron chi connectivity index (χ0n) is 15.2. The Bertz CT molecular complexity index is 898. The van der Waals surface area contributed by atoms with Crippen molar-refractivity contribution in [2.75, 3.05) is 20.0 Å². The van der Waals surface area contributed by atoms with Crippen LogP contribution in [0.4, 0.5) is 0 Å². The van der Waals surface area contributed by atoms with Gasteiger partial charge in [-0.2, -0.15) is 0 Å². The van der Waals surface area contributed by atoms with Crippen molar-refractivity contribution < 1.29 is 33.3 Å². The highest BCUT2D eigenvalue weighted by Crippen LogP contribution is 2.34. The number of para-hydroxylation sites is 2. The Labute approximate surface area is 161 Å². The van der Waals surface area contributed by atoms with E-state index < -0.39 is 24.6 Å². The van der Waals surface area contributed by atoms with Crippen molar-refractivity contribution in [2.45, 2.75) is 19.1 Å². The number of amides is 1. The average Bonchev–Trinajstić information content (AvgIpc) is 3.19. The first-order chi connectivity index (χ1) is 13.6. The highest BCUT2D eigenvalue weighted by atomic mass is 16.7. The molecule has 2 atom stereocenters. The van der Waals surface area contributed by atoms with Crippen LogP contribution in [-0.2, 0) is 14.3 Å². The van der Waals surface area contributed by atoms with Crippen molar-refractivity contribution in [1.29, 1.82) is 0 Å². The van der Waals surface area contributed by atoms with Crippen molar-refractivity contribution in [3.63, 3.8) is 0 Å². The molecule has 0 aromatic heterocycles. The minimum absolute atomic E-state index is 0.0328. The van der Waals surface area contributed by atoms with Gasteiger partial charge in [-0.3, -0.25) is 4.79 Å². The van der Waals surface area contributed by atoms with Crippen molar-refractivity contribution >= 4 is 11.9 Å². The maximum Gasteiger partial charge on any atom is 0.351 e. The zero-order valence-corrected chi connectivity index (χ0v) is 15.2. The monoisotopic (exact) mass is 385 g/mol. The van der Waals surface area contributed by atoms with E-state index in [1.54, 1.807) is 24.3 Å². The van der Waals surface area contributed by atoms with Crippen LogP contribution < -0.4 is 24.3 Å². The predicted molar refractivity (Wildman–Crippen MR) is 96.4 cm³/mol. The molecule has 0 spiro atoms. The maximum atomic E-state index is 12.2. The van der Waals surface area contributed by atoms with Crippen molar-refractivity contribution in [3.8, 4) is 23.0 Å². The van der Waals surface area contributed by atoms with E-state index >= 15 is 0 Å². The molecular weight excluding hydrogens is 366 g/mol. The molecule has 2 aliphatic rings. The third-order valence-electron chi connectivity index (χ3n) is 4.39. The van der Waals surface area contributed by atoms with Gasteiger partial charge in [0.2, 0.25) is 12.9 Å². The first-order valence-corrected chi connectivity index (χ1v) is 8.84. The molecule has 0 saturated carbocycles. The van der Waals surface area contributed by atoms with Gasteiger partial charge in [-0.25, -0.2) is 4.79 Å². The molecule has 2 aliphatic heterocycles. The Hall–Kier alpha value is -3.42. The molecule has 0 bridgehead atoms. The standard InChI is InChI=1S/C20H19NO7/c1-12(13-6-7-15-17(8-13)27-11-26-15)21-19(22)10-25-20(23)18-9-24-14-4-2-3-5-16(14)28-18/h2-8,12,18H,9-11H2,1H3,(H,21,22)/t12-,18-/m0/s1. The molecular formula is C20H19NO7. The number of carbonyl (C=O) groups excluding carboxylic acids is 2. The van der Waals surface area contributed by atoms with Gasteiger partial charge in [0, 0.05) is 0 Å². The van der Waals surface area contributed by atoms with Gasteiger partial charge in [-0.15, -0.1) is 0 Å². The second-order valence-corrected chi connectivity index (χ2v) is 6.37. The number of nitrogens with one attached hydrogen (secondary N) is 1. The van der Waals surface area contributed by atoms with E-state index in [-0.39, 0.29) is 19.4 Å². The summed E-state index contributed by atoms with van der Waals surface area (Å²) in [5, 5.41) is 2.78. The van der Waals surface area contributed by atoms with E-state index in [9.17, 15) is 9.59 Å². The molecule has 0 fully saturated rings. The number of rotatable bonds is 5. The highest BCUT2D eigenvalue weighted by molar-refractivity contribution is 5.82.